The Hall–Kier alpha value is -1.70. The highest BCUT2D eigenvalue weighted by Gasteiger charge is 2.10. The fourth-order valence-corrected chi connectivity index (χ4v) is 3.17. The van der Waals surface area contributed by atoms with Crippen molar-refractivity contribution in [1.82, 2.24) is 10.6 Å². The first-order valence-corrected chi connectivity index (χ1v) is 8.82. The van der Waals surface area contributed by atoms with E-state index in [2.05, 4.69) is 10.6 Å². The van der Waals surface area contributed by atoms with Gasteiger partial charge in [-0.25, -0.2) is 0 Å². The van der Waals surface area contributed by atoms with E-state index < -0.39 is 6.10 Å². The molecule has 0 radical (unpaired) electrons. The summed E-state index contributed by atoms with van der Waals surface area (Å²) in [5.41, 5.74) is 1.46. The molecule has 0 aliphatic carbocycles. The van der Waals surface area contributed by atoms with Crippen LogP contribution in [0.15, 0.2) is 33.7 Å². The van der Waals surface area contributed by atoms with Gasteiger partial charge in [-0.05, 0) is 40.3 Å². The Morgan fingerprint density at radius 2 is 1.91 bits per heavy atom. The van der Waals surface area contributed by atoms with Gasteiger partial charge in [0.1, 0.15) is 0 Å². The Morgan fingerprint density at radius 3 is 2.59 bits per heavy atom. The molecule has 2 aromatic rings. The number of aliphatic hydroxyl groups is 1. The number of nitrogens with one attached hydrogen (secondary N) is 2. The molecule has 3 N–H and O–H groups in total. The number of aliphatic hydroxyl groups excluding tert-OH is 1. The zero-order valence-electron chi connectivity index (χ0n) is 12.0. The molecule has 0 aliphatic rings. The summed E-state index contributed by atoms with van der Waals surface area (Å²) in [5.74, 6) is -0.242. The van der Waals surface area contributed by atoms with Crippen LogP contribution >= 0.6 is 22.7 Å². The van der Waals surface area contributed by atoms with Gasteiger partial charge < -0.3 is 15.7 Å². The number of hydrogen-bond donors (Lipinski definition) is 3. The van der Waals surface area contributed by atoms with Crippen LogP contribution in [-0.4, -0.2) is 30.0 Å². The van der Waals surface area contributed by atoms with Crippen LogP contribution in [-0.2, 0) is 4.79 Å². The summed E-state index contributed by atoms with van der Waals surface area (Å²) in [7, 11) is 0. The summed E-state index contributed by atoms with van der Waals surface area (Å²) in [6, 6.07) is 3.60. The van der Waals surface area contributed by atoms with Gasteiger partial charge in [0.25, 0.3) is 5.91 Å². The van der Waals surface area contributed by atoms with Crippen molar-refractivity contribution in [1.29, 1.82) is 0 Å². The van der Waals surface area contributed by atoms with Gasteiger partial charge in [0.15, 0.2) is 0 Å². The van der Waals surface area contributed by atoms with Gasteiger partial charge >= 0.3 is 0 Å². The second-order valence-electron chi connectivity index (χ2n) is 4.75. The Balaban J connectivity index is 1.57. The fraction of sp³-hybridized carbons (Fsp3) is 0.333. The first-order chi connectivity index (χ1) is 10.7. The van der Waals surface area contributed by atoms with Crippen LogP contribution in [0.5, 0.6) is 0 Å². The van der Waals surface area contributed by atoms with Crippen molar-refractivity contribution in [3.05, 3.63) is 44.8 Å². The predicted molar refractivity (Wildman–Crippen MR) is 88.2 cm³/mol. The second-order valence-corrected chi connectivity index (χ2v) is 6.31. The van der Waals surface area contributed by atoms with Crippen LogP contribution < -0.4 is 10.6 Å². The number of hydrogen-bond acceptors (Lipinski definition) is 5. The standard InChI is InChI=1S/C15H18N2O3S2/c18-13(11-3-6-21-9-11)8-17-14(19)2-1-5-16-15(20)12-4-7-22-10-12/h3-4,6-7,9-10,13,18H,1-2,5,8H2,(H,16,20)(H,17,19). The molecule has 7 heteroatoms. The molecule has 2 aromatic heterocycles. The van der Waals surface area contributed by atoms with E-state index in [0.717, 1.165) is 5.56 Å². The molecule has 2 amide bonds. The molecule has 0 spiro atoms. The summed E-state index contributed by atoms with van der Waals surface area (Å²) in [6.07, 6.45) is 0.213. The van der Waals surface area contributed by atoms with E-state index in [1.807, 2.05) is 22.2 Å². The van der Waals surface area contributed by atoms with Crippen LogP contribution in [0.25, 0.3) is 0 Å². The van der Waals surface area contributed by atoms with Crippen molar-refractivity contribution in [3.8, 4) is 0 Å². The molecule has 0 aliphatic heterocycles. The Kier molecular flexibility index (Phi) is 6.57. The van der Waals surface area contributed by atoms with Gasteiger partial charge in [0.05, 0.1) is 6.10 Å². The number of amides is 2. The third kappa shape index (κ3) is 5.25. The van der Waals surface area contributed by atoms with Gasteiger partial charge in [-0.15, -0.1) is 0 Å². The van der Waals surface area contributed by atoms with Gasteiger partial charge in [-0.2, -0.15) is 22.7 Å². The predicted octanol–water partition coefficient (Wildman–Crippen LogP) is 2.17. The lowest BCUT2D eigenvalue weighted by molar-refractivity contribution is -0.121. The smallest absolute Gasteiger partial charge is 0.252 e. The summed E-state index contributed by atoms with van der Waals surface area (Å²) in [4.78, 5) is 23.3. The summed E-state index contributed by atoms with van der Waals surface area (Å²) < 4.78 is 0. The van der Waals surface area contributed by atoms with Crippen molar-refractivity contribution in [3.63, 3.8) is 0 Å². The van der Waals surface area contributed by atoms with Crippen molar-refractivity contribution >= 4 is 34.5 Å². The lowest BCUT2D eigenvalue weighted by atomic mass is 10.2. The molecule has 1 atom stereocenters. The average Bonchev–Trinajstić information content (AvgIpc) is 3.21. The van der Waals surface area contributed by atoms with E-state index in [1.54, 1.807) is 11.4 Å². The Labute approximate surface area is 137 Å². The Morgan fingerprint density at radius 1 is 1.14 bits per heavy atom. The first-order valence-electron chi connectivity index (χ1n) is 6.94. The number of thiophene rings is 2. The maximum Gasteiger partial charge on any atom is 0.252 e. The van der Waals surface area contributed by atoms with Crippen molar-refractivity contribution in [2.45, 2.75) is 18.9 Å². The maximum atomic E-state index is 11.7. The zero-order chi connectivity index (χ0) is 15.8. The molecular weight excluding hydrogens is 320 g/mol. The van der Waals surface area contributed by atoms with Crippen LogP contribution in [0.4, 0.5) is 0 Å². The Bertz CT molecular complexity index is 582. The molecular formula is C15H18N2O3S2. The molecule has 1 unspecified atom stereocenters. The van der Waals surface area contributed by atoms with E-state index in [0.29, 0.717) is 24.9 Å². The third-order valence-corrected chi connectivity index (χ3v) is 4.45. The van der Waals surface area contributed by atoms with Crippen LogP contribution in [0.1, 0.15) is 34.9 Å². The normalized spacial score (nSPS) is 11.9. The van der Waals surface area contributed by atoms with Crippen molar-refractivity contribution in [2.24, 2.45) is 0 Å². The average molecular weight is 338 g/mol. The van der Waals surface area contributed by atoms with E-state index in [1.165, 1.54) is 22.7 Å². The fourth-order valence-electron chi connectivity index (χ4n) is 1.83. The zero-order valence-corrected chi connectivity index (χ0v) is 13.6. The topological polar surface area (TPSA) is 78.4 Å². The number of rotatable bonds is 8. The third-order valence-electron chi connectivity index (χ3n) is 3.07. The van der Waals surface area contributed by atoms with E-state index in [-0.39, 0.29) is 18.4 Å². The molecule has 0 saturated carbocycles. The molecule has 0 saturated heterocycles. The minimum absolute atomic E-state index is 0.116. The van der Waals surface area contributed by atoms with Gasteiger partial charge in [-0.1, -0.05) is 0 Å². The summed E-state index contributed by atoms with van der Waals surface area (Å²) in [6.45, 7) is 0.659. The largest absolute Gasteiger partial charge is 0.387 e. The van der Waals surface area contributed by atoms with E-state index >= 15 is 0 Å². The molecule has 2 rings (SSSR count). The van der Waals surface area contributed by atoms with Gasteiger partial charge in [0.2, 0.25) is 5.91 Å². The molecule has 2 heterocycles. The monoisotopic (exact) mass is 338 g/mol. The summed E-state index contributed by atoms with van der Waals surface area (Å²) in [5, 5.41) is 22.7. The molecule has 22 heavy (non-hydrogen) atoms. The van der Waals surface area contributed by atoms with E-state index in [9.17, 15) is 14.7 Å². The lowest BCUT2D eigenvalue weighted by Crippen LogP contribution is -2.29. The van der Waals surface area contributed by atoms with E-state index in [4.69, 9.17) is 0 Å². The van der Waals surface area contributed by atoms with Crippen LogP contribution in [0, 0.1) is 0 Å². The minimum Gasteiger partial charge on any atom is -0.387 e. The van der Waals surface area contributed by atoms with Crippen molar-refractivity contribution in [2.75, 3.05) is 13.1 Å². The number of carbonyl (C=O) groups is 2. The summed E-state index contributed by atoms with van der Waals surface area (Å²) >= 11 is 2.98. The quantitative estimate of drug-likeness (QED) is 0.646. The molecule has 0 aromatic carbocycles. The SMILES string of the molecule is O=C(CCCNC(=O)c1ccsc1)NCC(O)c1ccsc1. The van der Waals surface area contributed by atoms with Crippen LogP contribution in [0.3, 0.4) is 0 Å². The maximum absolute atomic E-state index is 11.7. The molecule has 118 valence electrons. The molecule has 0 bridgehead atoms. The van der Waals surface area contributed by atoms with Gasteiger partial charge in [-0.3, -0.25) is 9.59 Å². The second kappa shape index (κ2) is 8.67. The highest BCUT2D eigenvalue weighted by atomic mass is 32.1. The number of carbonyl (C=O) groups excluding carboxylic acids is 2. The van der Waals surface area contributed by atoms with Crippen LogP contribution in [0.2, 0.25) is 0 Å². The molecule has 0 fully saturated rings. The first kappa shape index (κ1) is 16.7. The highest BCUT2D eigenvalue weighted by molar-refractivity contribution is 7.08. The minimum atomic E-state index is -0.673. The lowest BCUT2D eigenvalue weighted by Gasteiger charge is -2.10. The molecule has 5 nitrogen and oxygen atoms in total. The highest BCUT2D eigenvalue weighted by Crippen LogP contribution is 2.15. The van der Waals surface area contributed by atoms with Gasteiger partial charge in [0, 0.05) is 30.5 Å². The van der Waals surface area contributed by atoms with Crippen molar-refractivity contribution < 1.29 is 14.7 Å².